The first kappa shape index (κ1) is 21.5. The number of hydrogen-bond acceptors (Lipinski definition) is 1. The van der Waals surface area contributed by atoms with E-state index in [1.165, 1.54) is 32.9 Å². The average Bonchev–Trinajstić information content (AvgIpc) is 3.46. The van der Waals surface area contributed by atoms with Gasteiger partial charge in [-0.2, -0.15) is 0 Å². The molecule has 0 bridgehead atoms. The summed E-state index contributed by atoms with van der Waals surface area (Å²) in [5, 5.41) is 4.68. The standard InChI is InChI=1S/C35H25NO/c1-3-28-23(2)37-35-29(16-10-17-32(28)35)26-12-9-11-24(21-26)25-19-20-31-30-15-7-8-18-33(30)36(34(31)22-25)27-13-5-4-6-14-27/h3-22H,2H2,1H3. The predicted octanol–water partition coefficient (Wildman–Crippen LogP) is 8.07. The highest BCUT2D eigenvalue weighted by Gasteiger charge is 2.14. The highest BCUT2D eigenvalue weighted by molar-refractivity contribution is 6.10. The number of fused-ring (bicyclic) bond motifs is 4. The van der Waals surface area contributed by atoms with Gasteiger partial charge < -0.3 is 8.98 Å². The molecule has 2 nitrogen and oxygen atoms in total. The zero-order valence-electron chi connectivity index (χ0n) is 20.6. The van der Waals surface area contributed by atoms with E-state index in [4.69, 9.17) is 4.42 Å². The zero-order valence-corrected chi connectivity index (χ0v) is 20.6. The number of hydrogen-bond donors (Lipinski definition) is 0. The molecule has 2 heterocycles. The van der Waals surface area contributed by atoms with Gasteiger partial charge in [0.25, 0.3) is 0 Å². The van der Waals surface area contributed by atoms with Crippen LogP contribution in [-0.4, -0.2) is 4.57 Å². The largest absolute Gasteiger partial charge is 0.456 e. The summed E-state index contributed by atoms with van der Waals surface area (Å²) in [7, 11) is 0. The third-order valence-electron chi connectivity index (χ3n) is 7.31. The van der Waals surface area contributed by atoms with E-state index in [1.807, 2.05) is 6.92 Å². The van der Waals surface area contributed by atoms with Gasteiger partial charge in [-0.05, 0) is 53.9 Å². The molecule has 2 aromatic heterocycles. The van der Waals surface area contributed by atoms with E-state index in [0.717, 1.165) is 33.0 Å². The minimum Gasteiger partial charge on any atom is -0.456 e. The van der Waals surface area contributed by atoms with Gasteiger partial charge in [-0.3, -0.25) is 0 Å². The average molecular weight is 476 g/mol. The molecule has 5 aromatic carbocycles. The fourth-order valence-corrected chi connectivity index (χ4v) is 5.60. The van der Waals surface area contributed by atoms with Gasteiger partial charge in [0, 0.05) is 32.6 Å². The highest BCUT2D eigenvalue weighted by atomic mass is 16.3. The minimum atomic E-state index is 0.709. The van der Waals surface area contributed by atoms with Crippen molar-refractivity contribution in [1.29, 1.82) is 0 Å². The Morgan fingerprint density at radius 1 is 0.622 bits per heavy atom. The van der Waals surface area contributed by atoms with Crippen LogP contribution in [0.2, 0.25) is 0 Å². The number of benzene rings is 5. The maximum Gasteiger partial charge on any atom is 0.143 e. The fourth-order valence-electron chi connectivity index (χ4n) is 5.60. The first-order valence-corrected chi connectivity index (χ1v) is 12.6. The van der Waals surface area contributed by atoms with Gasteiger partial charge in [0.05, 0.1) is 11.0 Å². The van der Waals surface area contributed by atoms with Gasteiger partial charge in [-0.15, -0.1) is 0 Å². The topological polar surface area (TPSA) is 18.1 Å². The van der Waals surface area contributed by atoms with Crippen LogP contribution in [0.5, 0.6) is 0 Å². The normalized spacial score (nSPS) is 12.2. The van der Waals surface area contributed by atoms with Crippen molar-refractivity contribution in [1.82, 2.24) is 4.57 Å². The molecule has 2 heteroatoms. The Bertz CT molecular complexity index is 2060. The Kier molecular flexibility index (Phi) is 4.87. The second-order valence-corrected chi connectivity index (χ2v) is 9.41. The summed E-state index contributed by atoms with van der Waals surface area (Å²) in [5.74, 6) is 0. The number of nitrogens with zero attached hydrogens (tertiary/aromatic N) is 1. The molecule has 0 aliphatic heterocycles. The lowest BCUT2D eigenvalue weighted by molar-refractivity contribution is 0.578. The van der Waals surface area contributed by atoms with Crippen LogP contribution in [0, 0.1) is 0 Å². The van der Waals surface area contributed by atoms with E-state index in [9.17, 15) is 0 Å². The molecule has 0 amide bonds. The molecule has 0 aliphatic rings. The van der Waals surface area contributed by atoms with E-state index in [1.54, 1.807) is 0 Å². The van der Waals surface area contributed by atoms with Crippen molar-refractivity contribution in [2.75, 3.05) is 0 Å². The van der Waals surface area contributed by atoms with Crippen molar-refractivity contribution >= 4 is 45.4 Å². The number of furan rings is 1. The third-order valence-corrected chi connectivity index (χ3v) is 7.31. The molecule has 0 N–H and O–H groups in total. The molecule has 0 fully saturated rings. The lowest BCUT2D eigenvalue weighted by Crippen LogP contribution is -2.16. The quantitative estimate of drug-likeness (QED) is 0.253. The maximum atomic E-state index is 6.13. The summed E-state index contributed by atoms with van der Waals surface area (Å²) in [6.45, 7) is 6.13. The smallest absolute Gasteiger partial charge is 0.143 e. The summed E-state index contributed by atoms with van der Waals surface area (Å²) in [4.78, 5) is 0. The molecule has 0 saturated carbocycles. The molecule has 7 rings (SSSR count). The van der Waals surface area contributed by atoms with Gasteiger partial charge in [-0.1, -0.05) is 97.6 Å². The van der Waals surface area contributed by atoms with Gasteiger partial charge >= 0.3 is 0 Å². The predicted molar refractivity (Wildman–Crippen MR) is 156 cm³/mol. The minimum absolute atomic E-state index is 0.709. The molecule has 7 aromatic rings. The highest BCUT2D eigenvalue weighted by Crippen LogP contribution is 2.36. The second kappa shape index (κ2) is 8.39. The van der Waals surface area contributed by atoms with E-state index >= 15 is 0 Å². The van der Waals surface area contributed by atoms with Crippen molar-refractivity contribution in [2.45, 2.75) is 6.92 Å². The molecule has 0 atom stereocenters. The number of aromatic nitrogens is 1. The molecule has 0 radical (unpaired) electrons. The van der Waals surface area contributed by atoms with Crippen molar-refractivity contribution in [3.63, 3.8) is 0 Å². The monoisotopic (exact) mass is 475 g/mol. The maximum absolute atomic E-state index is 6.13. The van der Waals surface area contributed by atoms with Crippen LogP contribution in [0.25, 0.3) is 73.4 Å². The first-order valence-electron chi connectivity index (χ1n) is 12.6. The van der Waals surface area contributed by atoms with Crippen molar-refractivity contribution in [3.05, 3.63) is 126 Å². The molecule has 37 heavy (non-hydrogen) atoms. The molecular formula is C35H25NO. The molecule has 0 spiro atoms. The van der Waals surface area contributed by atoms with Crippen LogP contribution in [0.3, 0.4) is 0 Å². The number of rotatable bonds is 3. The SMILES string of the molecule is C=c1oc2c(-c3cccc(-c4ccc5c6ccccc6n(-c6ccccc6)c5c4)c3)cccc2c1=CC. The first-order chi connectivity index (χ1) is 18.2. The van der Waals surface area contributed by atoms with Crippen LogP contribution in [0.15, 0.2) is 120 Å². The van der Waals surface area contributed by atoms with Gasteiger partial charge in [0.2, 0.25) is 0 Å². The number of para-hydroxylation sites is 3. The Labute approximate surface area is 215 Å². The van der Waals surface area contributed by atoms with Gasteiger partial charge in [0.15, 0.2) is 0 Å². The zero-order chi connectivity index (χ0) is 24.9. The lowest BCUT2D eigenvalue weighted by Gasteiger charge is -2.10. The van der Waals surface area contributed by atoms with Crippen LogP contribution in [0.1, 0.15) is 6.92 Å². The third kappa shape index (κ3) is 3.34. The summed E-state index contributed by atoms with van der Waals surface area (Å²) in [5.41, 5.74) is 9.74. The van der Waals surface area contributed by atoms with E-state index in [-0.39, 0.29) is 0 Å². The van der Waals surface area contributed by atoms with Crippen LogP contribution in [-0.2, 0) is 0 Å². The van der Waals surface area contributed by atoms with Gasteiger partial charge in [0.1, 0.15) is 11.0 Å². The Morgan fingerprint density at radius 2 is 1.32 bits per heavy atom. The summed E-state index contributed by atoms with van der Waals surface area (Å²) >= 11 is 0. The van der Waals surface area contributed by atoms with Crippen molar-refractivity contribution < 1.29 is 4.42 Å². The summed E-state index contributed by atoms with van der Waals surface area (Å²) in [6, 6.07) is 41.1. The van der Waals surface area contributed by atoms with Crippen LogP contribution >= 0.6 is 0 Å². The Hall–Kier alpha value is -4.82. The van der Waals surface area contributed by atoms with Crippen LogP contribution < -0.4 is 10.6 Å². The molecule has 0 aliphatic carbocycles. The Morgan fingerprint density at radius 3 is 2.19 bits per heavy atom. The molecule has 0 unspecified atom stereocenters. The summed E-state index contributed by atoms with van der Waals surface area (Å²) in [6.07, 6.45) is 2.06. The lowest BCUT2D eigenvalue weighted by atomic mass is 9.97. The van der Waals surface area contributed by atoms with E-state index < -0.39 is 0 Å². The fraction of sp³-hybridized carbons (Fsp3) is 0.0286. The molecular weight excluding hydrogens is 450 g/mol. The van der Waals surface area contributed by atoms with Crippen molar-refractivity contribution in [3.8, 4) is 27.9 Å². The molecule has 176 valence electrons. The summed E-state index contributed by atoms with van der Waals surface area (Å²) < 4.78 is 8.49. The molecule has 0 saturated heterocycles. The van der Waals surface area contributed by atoms with E-state index in [0.29, 0.717) is 5.42 Å². The van der Waals surface area contributed by atoms with Crippen molar-refractivity contribution in [2.24, 2.45) is 0 Å². The Balaban J connectivity index is 1.44. The second-order valence-electron chi connectivity index (χ2n) is 9.41. The van der Waals surface area contributed by atoms with Gasteiger partial charge in [-0.25, -0.2) is 0 Å². The van der Waals surface area contributed by atoms with Crippen LogP contribution in [0.4, 0.5) is 0 Å². The van der Waals surface area contributed by atoms with E-state index in [2.05, 4.69) is 132 Å².